The third-order valence-electron chi connectivity index (χ3n) is 4.41. The molecule has 0 aliphatic carbocycles. The topological polar surface area (TPSA) is 69.8 Å². The van der Waals surface area contributed by atoms with Crippen LogP contribution in [-0.4, -0.2) is 42.3 Å². The average molecular weight is 261 g/mol. The van der Waals surface area contributed by atoms with Crippen molar-refractivity contribution >= 4 is 17.5 Å². The lowest BCUT2D eigenvalue weighted by atomic mass is 9.72. The van der Waals surface area contributed by atoms with Gasteiger partial charge in [0.25, 0.3) is 0 Å². The minimum Gasteiger partial charge on any atom is -0.465 e. The van der Waals surface area contributed by atoms with Crippen LogP contribution in [0.3, 0.4) is 0 Å². The highest BCUT2D eigenvalue weighted by atomic mass is 16.4. The van der Waals surface area contributed by atoms with Crippen molar-refractivity contribution in [3.63, 3.8) is 0 Å². The molecule has 2 aliphatic rings. The molecule has 0 bridgehead atoms. The van der Waals surface area contributed by atoms with E-state index in [4.69, 9.17) is 10.8 Å². The van der Waals surface area contributed by atoms with Gasteiger partial charge < -0.3 is 20.6 Å². The molecule has 2 fully saturated rings. The normalized spacial score (nSPS) is 21.3. The van der Waals surface area contributed by atoms with Crippen molar-refractivity contribution in [2.45, 2.75) is 12.8 Å². The van der Waals surface area contributed by atoms with E-state index in [0.29, 0.717) is 13.1 Å². The van der Waals surface area contributed by atoms with Crippen LogP contribution in [0, 0.1) is 5.41 Å². The summed E-state index contributed by atoms with van der Waals surface area (Å²) in [5.41, 5.74) is 7.93. The summed E-state index contributed by atoms with van der Waals surface area (Å²) in [6, 6.07) is 7.96. The number of likely N-dealkylation sites (tertiary alicyclic amines) is 1. The van der Waals surface area contributed by atoms with E-state index in [1.165, 1.54) is 10.6 Å². The van der Waals surface area contributed by atoms with Crippen LogP contribution in [0.1, 0.15) is 12.8 Å². The van der Waals surface area contributed by atoms with Gasteiger partial charge >= 0.3 is 6.09 Å². The molecule has 5 heteroatoms. The molecule has 0 saturated carbocycles. The van der Waals surface area contributed by atoms with Crippen molar-refractivity contribution in [1.29, 1.82) is 0 Å². The second-order valence-corrected chi connectivity index (χ2v) is 5.72. The number of nitrogen functional groups attached to an aromatic ring is 1. The van der Waals surface area contributed by atoms with Crippen molar-refractivity contribution in [2.75, 3.05) is 36.8 Å². The van der Waals surface area contributed by atoms with Gasteiger partial charge in [0.1, 0.15) is 0 Å². The van der Waals surface area contributed by atoms with Crippen LogP contribution in [0.5, 0.6) is 0 Å². The Morgan fingerprint density at radius 2 is 1.74 bits per heavy atom. The molecule has 102 valence electrons. The van der Waals surface area contributed by atoms with Crippen LogP contribution < -0.4 is 10.6 Å². The first-order valence-corrected chi connectivity index (χ1v) is 6.66. The maximum absolute atomic E-state index is 10.8. The number of anilines is 2. The predicted octanol–water partition coefficient (Wildman–Crippen LogP) is 1.85. The van der Waals surface area contributed by atoms with Crippen LogP contribution >= 0.6 is 0 Å². The van der Waals surface area contributed by atoms with Crippen LogP contribution in [0.2, 0.25) is 0 Å². The summed E-state index contributed by atoms with van der Waals surface area (Å²) >= 11 is 0. The lowest BCUT2D eigenvalue weighted by Crippen LogP contribution is -2.61. The number of hydrogen-bond acceptors (Lipinski definition) is 3. The Balaban J connectivity index is 1.58. The highest BCUT2D eigenvalue weighted by Gasteiger charge is 2.46. The van der Waals surface area contributed by atoms with E-state index in [1.54, 1.807) is 0 Å². The third-order valence-corrected chi connectivity index (χ3v) is 4.41. The zero-order valence-corrected chi connectivity index (χ0v) is 10.9. The molecule has 0 aromatic heterocycles. The summed E-state index contributed by atoms with van der Waals surface area (Å²) in [6.07, 6.45) is 1.36. The molecule has 5 nitrogen and oxygen atoms in total. The molecular formula is C14H19N3O2. The first-order valence-electron chi connectivity index (χ1n) is 6.66. The fourth-order valence-electron chi connectivity index (χ4n) is 3.14. The molecule has 0 unspecified atom stereocenters. The number of carboxylic acid groups (broad SMARTS) is 1. The molecule has 2 aliphatic heterocycles. The van der Waals surface area contributed by atoms with Crippen LogP contribution in [0.4, 0.5) is 16.2 Å². The van der Waals surface area contributed by atoms with Gasteiger partial charge in [0.2, 0.25) is 0 Å². The fourth-order valence-corrected chi connectivity index (χ4v) is 3.14. The van der Waals surface area contributed by atoms with Gasteiger partial charge in [-0.25, -0.2) is 4.79 Å². The lowest BCUT2D eigenvalue weighted by molar-refractivity contribution is -0.00635. The molecule has 0 radical (unpaired) electrons. The Hall–Kier alpha value is -1.91. The number of rotatable bonds is 1. The monoisotopic (exact) mass is 261 g/mol. The van der Waals surface area contributed by atoms with E-state index in [1.807, 2.05) is 12.1 Å². The molecule has 1 spiro atoms. The molecular weight excluding hydrogens is 242 g/mol. The molecule has 2 heterocycles. The van der Waals surface area contributed by atoms with E-state index in [0.717, 1.165) is 31.6 Å². The number of nitrogens with two attached hydrogens (primary N) is 1. The quantitative estimate of drug-likeness (QED) is 0.757. The van der Waals surface area contributed by atoms with Gasteiger partial charge in [0, 0.05) is 43.0 Å². The van der Waals surface area contributed by atoms with Gasteiger partial charge in [-0.1, -0.05) is 0 Å². The van der Waals surface area contributed by atoms with E-state index in [2.05, 4.69) is 17.0 Å². The maximum Gasteiger partial charge on any atom is 0.407 e. The molecule has 3 N–H and O–H groups in total. The maximum atomic E-state index is 10.8. The SMILES string of the molecule is Nc1ccc(N2CCC3(CC2)CN(C(=O)O)C3)cc1. The number of amides is 1. The van der Waals surface area contributed by atoms with E-state index in [-0.39, 0.29) is 5.41 Å². The number of piperidine rings is 1. The Labute approximate surface area is 112 Å². The summed E-state index contributed by atoms with van der Waals surface area (Å²) in [5, 5.41) is 8.91. The summed E-state index contributed by atoms with van der Waals surface area (Å²) in [4.78, 5) is 14.7. The van der Waals surface area contributed by atoms with Gasteiger partial charge in [-0.2, -0.15) is 0 Å². The number of hydrogen-bond donors (Lipinski definition) is 2. The Kier molecular flexibility index (Phi) is 2.77. The van der Waals surface area contributed by atoms with Crippen molar-refractivity contribution in [2.24, 2.45) is 5.41 Å². The summed E-state index contributed by atoms with van der Waals surface area (Å²) in [5.74, 6) is 0. The zero-order chi connectivity index (χ0) is 13.5. The van der Waals surface area contributed by atoms with Gasteiger partial charge in [-0.3, -0.25) is 0 Å². The first kappa shape index (κ1) is 12.1. The van der Waals surface area contributed by atoms with E-state index in [9.17, 15) is 4.79 Å². The summed E-state index contributed by atoms with van der Waals surface area (Å²) in [7, 11) is 0. The highest BCUT2D eigenvalue weighted by molar-refractivity contribution is 5.66. The van der Waals surface area contributed by atoms with Crippen LogP contribution in [-0.2, 0) is 0 Å². The second-order valence-electron chi connectivity index (χ2n) is 5.72. The smallest absolute Gasteiger partial charge is 0.407 e. The molecule has 1 aromatic rings. The molecule has 2 saturated heterocycles. The first-order chi connectivity index (χ1) is 9.08. The minimum absolute atomic E-state index is 0.239. The summed E-state index contributed by atoms with van der Waals surface area (Å²) in [6.45, 7) is 3.41. The van der Waals surface area contributed by atoms with Crippen molar-refractivity contribution in [3.05, 3.63) is 24.3 Å². The summed E-state index contributed by atoms with van der Waals surface area (Å²) < 4.78 is 0. The van der Waals surface area contributed by atoms with Crippen molar-refractivity contribution in [3.8, 4) is 0 Å². The Morgan fingerprint density at radius 3 is 2.26 bits per heavy atom. The Bertz CT molecular complexity index is 470. The predicted molar refractivity (Wildman–Crippen MR) is 74.3 cm³/mol. The van der Waals surface area contributed by atoms with Crippen molar-refractivity contribution in [1.82, 2.24) is 4.90 Å². The lowest BCUT2D eigenvalue weighted by Gasteiger charge is -2.53. The van der Waals surface area contributed by atoms with E-state index < -0.39 is 6.09 Å². The molecule has 19 heavy (non-hydrogen) atoms. The van der Waals surface area contributed by atoms with Gasteiger partial charge in [-0.05, 0) is 37.1 Å². The fraction of sp³-hybridized carbons (Fsp3) is 0.500. The number of carbonyl (C=O) groups is 1. The minimum atomic E-state index is -0.786. The molecule has 1 aromatic carbocycles. The number of nitrogens with zero attached hydrogens (tertiary/aromatic N) is 2. The van der Waals surface area contributed by atoms with Crippen LogP contribution in [0.25, 0.3) is 0 Å². The van der Waals surface area contributed by atoms with E-state index >= 15 is 0 Å². The Morgan fingerprint density at radius 1 is 1.16 bits per heavy atom. The highest BCUT2D eigenvalue weighted by Crippen LogP contribution is 2.41. The molecule has 1 amide bonds. The standard InChI is InChI=1S/C14H19N3O2/c15-11-1-3-12(4-2-11)16-7-5-14(6-8-16)9-17(10-14)13(18)19/h1-4H,5-10,15H2,(H,18,19). The molecule has 0 atom stereocenters. The van der Waals surface area contributed by atoms with Crippen LogP contribution in [0.15, 0.2) is 24.3 Å². The van der Waals surface area contributed by atoms with Gasteiger partial charge in [0.15, 0.2) is 0 Å². The third kappa shape index (κ3) is 2.20. The average Bonchev–Trinajstić information content (AvgIpc) is 2.37. The largest absolute Gasteiger partial charge is 0.465 e. The molecule has 3 rings (SSSR count). The van der Waals surface area contributed by atoms with Gasteiger partial charge in [-0.15, -0.1) is 0 Å². The second kappa shape index (κ2) is 4.33. The number of benzene rings is 1. The zero-order valence-electron chi connectivity index (χ0n) is 10.9. The van der Waals surface area contributed by atoms with Gasteiger partial charge in [0.05, 0.1) is 0 Å². The van der Waals surface area contributed by atoms with Crippen molar-refractivity contribution < 1.29 is 9.90 Å².